The predicted octanol–water partition coefficient (Wildman–Crippen LogP) is 2.75. The largest absolute Gasteiger partial charge is 0.379 e. The number of aryl methyl sites for hydroxylation is 2. The van der Waals surface area contributed by atoms with E-state index in [1.807, 2.05) is 13.8 Å². The van der Waals surface area contributed by atoms with Crippen LogP contribution in [0.2, 0.25) is 0 Å². The fourth-order valence-corrected chi connectivity index (χ4v) is 4.22. The summed E-state index contributed by atoms with van der Waals surface area (Å²) < 4.78 is 10.7. The molecule has 2 N–H and O–H groups in total. The van der Waals surface area contributed by atoms with Gasteiger partial charge in [0.25, 0.3) is 0 Å². The van der Waals surface area contributed by atoms with Gasteiger partial charge in [0.05, 0.1) is 24.9 Å². The van der Waals surface area contributed by atoms with E-state index in [0.29, 0.717) is 6.04 Å². The Labute approximate surface area is 187 Å². The first-order valence-corrected chi connectivity index (χ1v) is 10.3. The topological polar surface area (TPSA) is 74.9 Å². The van der Waals surface area contributed by atoms with Crippen LogP contribution in [0.15, 0.2) is 27.0 Å². The molecule has 156 valence electrons. The van der Waals surface area contributed by atoms with E-state index in [0.717, 1.165) is 63.2 Å². The van der Waals surface area contributed by atoms with E-state index in [2.05, 4.69) is 43.2 Å². The van der Waals surface area contributed by atoms with Crippen LogP contribution in [-0.2, 0) is 11.2 Å². The first-order chi connectivity index (χ1) is 13.2. The zero-order valence-corrected chi connectivity index (χ0v) is 19.9. The van der Waals surface area contributed by atoms with Gasteiger partial charge in [0.1, 0.15) is 5.76 Å². The van der Waals surface area contributed by atoms with Crippen LogP contribution < -0.4 is 10.6 Å². The number of nitrogens with zero attached hydrogens (tertiary/aromatic N) is 3. The zero-order valence-electron chi connectivity index (χ0n) is 16.7. The summed E-state index contributed by atoms with van der Waals surface area (Å²) in [4.78, 5) is 8.22. The summed E-state index contributed by atoms with van der Waals surface area (Å²) in [5.41, 5.74) is 2.13. The van der Waals surface area contributed by atoms with Crippen molar-refractivity contribution in [1.29, 1.82) is 0 Å². The van der Waals surface area contributed by atoms with Crippen LogP contribution in [0, 0.1) is 13.8 Å². The van der Waals surface area contributed by atoms with Crippen LogP contribution in [0.3, 0.4) is 0 Å². The Bertz CT molecular complexity index is 709. The van der Waals surface area contributed by atoms with Gasteiger partial charge < -0.3 is 19.9 Å². The average molecular weight is 519 g/mol. The molecule has 9 heteroatoms. The highest BCUT2D eigenvalue weighted by molar-refractivity contribution is 14.0. The first-order valence-electron chi connectivity index (χ1n) is 9.40. The number of guanidine groups is 1. The number of hydrogen-bond donors (Lipinski definition) is 2. The number of hydrogen-bond acceptors (Lipinski definition) is 6. The van der Waals surface area contributed by atoms with Crippen molar-refractivity contribution in [3.63, 3.8) is 0 Å². The molecule has 0 bridgehead atoms. The zero-order chi connectivity index (χ0) is 19.1. The molecule has 1 saturated heterocycles. The molecule has 1 atom stereocenters. The monoisotopic (exact) mass is 519 g/mol. The molecule has 1 unspecified atom stereocenters. The van der Waals surface area contributed by atoms with Crippen molar-refractivity contribution in [3.05, 3.63) is 39.4 Å². The number of morpholine rings is 1. The fourth-order valence-electron chi connectivity index (χ4n) is 3.36. The second-order valence-corrected chi connectivity index (χ2v) is 7.59. The molecule has 7 nitrogen and oxygen atoms in total. The molecule has 2 aromatic rings. The lowest BCUT2D eigenvalue weighted by molar-refractivity contribution is 0.0177. The normalized spacial score (nSPS) is 16.5. The maximum absolute atomic E-state index is 5.51. The molecule has 28 heavy (non-hydrogen) atoms. The minimum Gasteiger partial charge on any atom is -0.379 e. The number of aromatic nitrogens is 1. The van der Waals surface area contributed by atoms with Crippen molar-refractivity contribution in [1.82, 2.24) is 20.7 Å². The van der Waals surface area contributed by atoms with Gasteiger partial charge in [-0.25, -0.2) is 0 Å². The van der Waals surface area contributed by atoms with Crippen molar-refractivity contribution in [2.24, 2.45) is 4.99 Å². The Morgan fingerprint density at radius 1 is 1.32 bits per heavy atom. The van der Waals surface area contributed by atoms with E-state index in [4.69, 9.17) is 9.26 Å². The van der Waals surface area contributed by atoms with Gasteiger partial charge in [-0.2, -0.15) is 0 Å². The molecule has 0 amide bonds. The predicted molar refractivity (Wildman–Crippen MR) is 124 cm³/mol. The Balaban J connectivity index is 0.00000280. The van der Waals surface area contributed by atoms with E-state index in [9.17, 15) is 0 Å². The van der Waals surface area contributed by atoms with Crippen molar-refractivity contribution in [2.45, 2.75) is 26.3 Å². The molecule has 2 aromatic heterocycles. The second-order valence-electron chi connectivity index (χ2n) is 6.61. The molecular weight excluding hydrogens is 489 g/mol. The Morgan fingerprint density at radius 2 is 2.11 bits per heavy atom. The maximum atomic E-state index is 5.51. The summed E-state index contributed by atoms with van der Waals surface area (Å²) in [5, 5.41) is 13.0. The summed E-state index contributed by atoms with van der Waals surface area (Å²) in [6.45, 7) is 9.04. The molecule has 3 rings (SSSR count). The summed E-state index contributed by atoms with van der Waals surface area (Å²) >= 11 is 1.80. The van der Waals surface area contributed by atoms with Crippen LogP contribution in [0.1, 0.15) is 27.9 Å². The van der Waals surface area contributed by atoms with Gasteiger partial charge in [-0.05, 0) is 31.7 Å². The van der Waals surface area contributed by atoms with E-state index in [1.54, 1.807) is 18.4 Å². The summed E-state index contributed by atoms with van der Waals surface area (Å²) in [7, 11) is 1.81. The van der Waals surface area contributed by atoms with Crippen molar-refractivity contribution < 1.29 is 9.26 Å². The van der Waals surface area contributed by atoms with Gasteiger partial charge in [-0.15, -0.1) is 35.3 Å². The third-order valence-electron chi connectivity index (χ3n) is 4.89. The van der Waals surface area contributed by atoms with Gasteiger partial charge in [0, 0.05) is 43.7 Å². The first kappa shape index (κ1) is 23.1. The van der Waals surface area contributed by atoms with Crippen LogP contribution >= 0.6 is 35.3 Å². The van der Waals surface area contributed by atoms with E-state index in [-0.39, 0.29) is 24.0 Å². The standard InChI is InChI=1S/C19H29N5O2S.HI/c1-14-16(15(2)26-23-14)6-7-21-19(20-3)22-13-17(18-5-4-12-27-18)24-8-10-25-11-9-24;/h4-5,12,17H,6-11,13H2,1-3H3,(H2,20,21,22);1H. The molecule has 0 aliphatic carbocycles. The van der Waals surface area contributed by atoms with Crippen LogP contribution in [-0.4, -0.2) is 62.5 Å². The summed E-state index contributed by atoms with van der Waals surface area (Å²) in [6.07, 6.45) is 0.861. The minimum atomic E-state index is 0. The van der Waals surface area contributed by atoms with Gasteiger partial charge in [-0.3, -0.25) is 9.89 Å². The highest BCUT2D eigenvalue weighted by Gasteiger charge is 2.23. The lowest BCUT2D eigenvalue weighted by Gasteiger charge is -2.34. The van der Waals surface area contributed by atoms with E-state index < -0.39 is 0 Å². The molecule has 0 aromatic carbocycles. The third kappa shape index (κ3) is 6.16. The Morgan fingerprint density at radius 3 is 2.71 bits per heavy atom. The minimum absolute atomic E-state index is 0. The van der Waals surface area contributed by atoms with Crippen LogP contribution in [0.5, 0.6) is 0 Å². The summed E-state index contributed by atoms with van der Waals surface area (Å²) in [6, 6.07) is 4.65. The molecule has 1 fully saturated rings. The molecule has 0 saturated carbocycles. The Hall–Kier alpha value is -1.17. The molecule has 1 aliphatic rings. The van der Waals surface area contributed by atoms with Crippen LogP contribution in [0.25, 0.3) is 0 Å². The van der Waals surface area contributed by atoms with E-state index in [1.165, 1.54) is 10.4 Å². The van der Waals surface area contributed by atoms with Gasteiger partial charge in [-0.1, -0.05) is 11.2 Å². The number of thiophene rings is 1. The number of aliphatic imine (C=N–C) groups is 1. The van der Waals surface area contributed by atoms with Gasteiger partial charge >= 0.3 is 0 Å². The fraction of sp³-hybridized carbons (Fsp3) is 0.579. The number of halogens is 1. The van der Waals surface area contributed by atoms with Crippen molar-refractivity contribution >= 4 is 41.3 Å². The number of nitrogens with one attached hydrogen (secondary N) is 2. The SMILES string of the molecule is CN=C(NCCc1c(C)noc1C)NCC(c1cccs1)N1CCOCC1.I. The molecular formula is C19H30IN5O2S. The molecule has 1 aliphatic heterocycles. The smallest absolute Gasteiger partial charge is 0.191 e. The quantitative estimate of drug-likeness (QED) is 0.333. The average Bonchev–Trinajstić information content (AvgIpc) is 3.33. The third-order valence-corrected chi connectivity index (χ3v) is 5.87. The molecule has 0 spiro atoms. The molecule has 3 heterocycles. The van der Waals surface area contributed by atoms with Gasteiger partial charge in [0.2, 0.25) is 0 Å². The van der Waals surface area contributed by atoms with Gasteiger partial charge in [0.15, 0.2) is 5.96 Å². The molecule has 0 radical (unpaired) electrons. The maximum Gasteiger partial charge on any atom is 0.191 e. The highest BCUT2D eigenvalue weighted by atomic mass is 127. The van der Waals surface area contributed by atoms with Crippen LogP contribution in [0.4, 0.5) is 0 Å². The lowest BCUT2D eigenvalue weighted by atomic mass is 10.1. The highest BCUT2D eigenvalue weighted by Crippen LogP contribution is 2.25. The lowest BCUT2D eigenvalue weighted by Crippen LogP contribution is -2.46. The number of rotatable bonds is 7. The summed E-state index contributed by atoms with van der Waals surface area (Å²) in [5.74, 6) is 1.71. The Kier molecular flexibility index (Phi) is 9.69. The van der Waals surface area contributed by atoms with Crippen molar-refractivity contribution in [2.75, 3.05) is 46.4 Å². The number of ether oxygens (including phenoxy) is 1. The van der Waals surface area contributed by atoms with Crippen molar-refractivity contribution in [3.8, 4) is 0 Å². The second kappa shape index (κ2) is 11.7. The van der Waals surface area contributed by atoms with E-state index >= 15 is 0 Å².